The molecule has 0 saturated heterocycles. The number of aromatic nitrogens is 1. The van der Waals surface area contributed by atoms with Crippen LogP contribution in [0.5, 0.6) is 0 Å². The van der Waals surface area contributed by atoms with Gasteiger partial charge in [-0.3, -0.25) is 0 Å². The molecule has 0 bridgehead atoms. The minimum atomic E-state index is -1.40. The first-order valence-corrected chi connectivity index (χ1v) is 4.18. The zero-order chi connectivity index (χ0) is 11.9. The third kappa shape index (κ3) is 1.48. The Hall–Kier alpha value is -2.11. The monoisotopic (exact) mass is 227 g/mol. The molecule has 1 N–H and O–H groups in total. The molecule has 0 aliphatic rings. The standard InChI is InChI=1S/C10H4F3NO2/c11-5-3-6(12)8(13)9-4(5)1-2-7(14-9)10(15)16/h1-3H,(H,15,16). The molecule has 16 heavy (non-hydrogen) atoms. The Morgan fingerprint density at radius 1 is 1.19 bits per heavy atom. The molecule has 0 unspecified atom stereocenters. The Morgan fingerprint density at radius 3 is 2.50 bits per heavy atom. The topological polar surface area (TPSA) is 50.2 Å². The third-order valence-electron chi connectivity index (χ3n) is 2.04. The van der Waals surface area contributed by atoms with Crippen LogP contribution in [0.3, 0.4) is 0 Å². The summed E-state index contributed by atoms with van der Waals surface area (Å²) >= 11 is 0. The Kier molecular flexibility index (Phi) is 2.26. The van der Waals surface area contributed by atoms with E-state index < -0.39 is 34.6 Å². The van der Waals surface area contributed by atoms with Crippen LogP contribution in [0.4, 0.5) is 13.2 Å². The van der Waals surface area contributed by atoms with Gasteiger partial charge in [0.1, 0.15) is 17.0 Å². The highest BCUT2D eigenvalue weighted by Gasteiger charge is 2.15. The number of benzene rings is 1. The van der Waals surface area contributed by atoms with Gasteiger partial charge >= 0.3 is 5.97 Å². The van der Waals surface area contributed by atoms with Crippen LogP contribution in [0.25, 0.3) is 10.9 Å². The first kappa shape index (κ1) is 10.4. The van der Waals surface area contributed by atoms with E-state index in [4.69, 9.17) is 5.11 Å². The summed E-state index contributed by atoms with van der Waals surface area (Å²) in [4.78, 5) is 13.9. The fraction of sp³-hybridized carbons (Fsp3) is 0. The molecule has 0 fully saturated rings. The van der Waals surface area contributed by atoms with Gasteiger partial charge in [0.15, 0.2) is 11.6 Å². The van der Waals surface area contributed by atoms with E-state index in [0.29, 0.717) is 6.07 Å². The zero-order valence-electron chi connectivity index (χ0n) is 7.67. The molecule has 3 nitrogen and oxygen atoms in total. The van der Waals surface area contributed by atoms with Crippen LogP contribution in [0.2, 0.25) is 0 Å². The average Bonchev–Trinajstić information content (AvgIpc) is 2.25. The van der Waals surface area contributed by atoms with E-state index in [2.05, 4.69) is 4.98 Å². The summed E-state index contributed by atoms with van der Waals surface area (Å²) in [5.41, 5.74) is -1.10. The van der Waals surface area contributed by atoms with Crippen LogP contribution >= 0.6 is 0 Å². The summed E-state index contributed by atoms with van der Waals surface area (Å²) in [6.45, 7) is 0. The van der Waals surface area contributed by atoms with E-state index in [1.165, 1.54) is 0 Å². The lowest BCUT2D eigenvalue weighted by Gasteiger charge is -2.02. The highest BCUT2D eigenvalue weighted by molar-refractivity contribution is 5.90. The Morgan fingerprint density at radius 2 is 1.88 bits per heavy atom. The van der Waals surface area contributed by atoms with Crippen molar-refractivity contribution in [2.45, 2.75) is 0 Å². The number of hydrogen-bond acceptors (Lipinski definition) is 2. The Balaban J connectivity index is 2.86. The number of hydrogen-bond donors (Lipinski definition) is 1. The van der Waals surface area contributed by atoms with Gasteiger partial charge in [0.2, 0.25) is 0 Å². The molecule has 0 aliphatic carbocycles. The number of carboxylic acid groups (broad SMARTS) is 1. The van der Waals surface area contributed by atoms with Crippen molar-refractivity contribution in [2.24, 2.45) is 0 Å². The molecular formula is C10H4F3NO2. The van der Waals surface area contributed by atoms with Gasteiger partial charge in [-0.2, -0.15) is 0 Å². The van der Waals surface area contributed by atoms with Crippen molar-refractivity contribution in [2.75, 3.05) is 0 Å². The summed E-state index contributed by atoms with van der Waals surface area (Å²) in [5.74, 6) is -5.15. The second-order valence-electron chi connectivity index (χ2n) is 3.05. The van der Waals surface area contributed by atoms with Crippen molar-refractivity contribution in [3.05, 3.63) is 41.3 Å². The lowest BCUT2D eigenvalue weighted by molar-refractivity contribution is 0.0691. The number of halogens is 3. The van der Waals surface area contributed by atoms with Gasteiger partial charge in [-0.15, -0.1) is 0 Å². The number of carbonyl (C=O) groups is 1. The SMILES string of the molecule is O=C(O)c1ccc2c(F)cc(F)c(F)c2n1. The normalized spacial score (nSPS) is 10.7. The molecule has 0 amide bonds. The van der Waals surface area contributed by atoms with Crippen LogP contribution in [-0.4, -0.2) is 16.1 Å². The van der Waals surface area contributed by atoms with Gasteiger partial charge in [0.05, 0.1) is 0 Å². The van der Waals surface area contributed by atoms with Crippen LogP contribution < -0.4 is 0 Å². The maximum atomic E-state index is 13.2. The smallest absolute Gasteiger partial charge is 0.354 e. The highest BCUT2D eigenvalue weighted by Crippen LogP contribution is 2.22. The first-order chi connectivity index (χ1) is 7.50. The molecule has 1 aromatic carbocycles. The minimum absolute atomic E-state index is 0.260. The van der Waals surface area contributed by atoms with E-state index in [9.17, 15) is 18.0 Å². The predicted octanol–water partition coefficient (Wildman–Crippen LogP) is 2.35. The Labute approximate surface area is 87.2 Å². The van der Waals surface area contributed by atoms with Gasteiger partial charge in [0, 0.05) is 11.5 Å². The lowest BCUT2D eigenvalue weighted by Crippen LogP contribution is -2.02. The molecule has 82 valence electrons. The van der Waals surface area contributed by atoms with Crippen molar-refractivity contribution < 1.29 is 23.1 Å². The van der Waals surface area contributed by atoms with Crippen molar-refractivity contribution in [1.82, 2.24) is 4.98 Å². The Bertz CT molecular complexity index is 598. The highest BCUT2D eigenvalue weighted by atomic mass is 19.2. The molecule has 0 saturated carbocycles. The van der Waals surface area contributed by atoms with Gasteiger partial charge in [-0.05, 0) is 12.1 Å². The van der Waals surface area contributed by atoms with E-state index in [-0.39, 0.29) is 5.39 Å². The van der Waals surface area contributed by atoms with Crippen LogP contribution in [0, 0.1) is 17.5 Å². The molecular weight excluding hydrogens is 223 g/mol. The summed E-state index contributed by atoms with van der Waals surface area (Å²) in [6.07, 6.45) is 0. The molecule has 0 spiro atoms. The van der Waals surface area contributed by atoms with E-state index in [1.807, 2.05) is 0 Å². The lowest BCUT2D eigenvalue weighted by atomic mass is 10.1. The quantitative estimate of drug-likeness (QED) is 0.760. The molecule has 1 aromatic heterocycles. The summed E-state index contributed by atoms with van der Waals surface area (Å²) < 4.78 is 39.2. The van der Waals surface area contributed by atoms with Crippen LogP contribution in [0.1, 0.15) is 10.5 Å². The maximum Gasteiger partial charge on any atom is 0.354 e. The number of aromatic carboxylic acids is 1. The zero-order valence-corrected chi connectivity index (χ0v) is 7.67. The van der Waals surface area contributed by atoms with Crippen molar-refractivity contribution >= 4 is 16.9 Å². The van der Waals surface area contributed by atoms with Gasteiger partial charge in [0.25, 0.3) is 0 Å². The number of fused-ring (bicyclic) bond motifs is 1. The second-order valence-corrected chi connectivity index (χ2v) is 3.05. The molecule has 1 heterocycles. The predicted molar refractivity (Wildman–Crippen MR) is 48.6 cm³/mol. The van der Waals surface area contributed by atoms with E-state index in [1.54, 1.807) is 0 Å². The van der Waals surface area contributed by atoms with Gasteiger partial charge < -0.3 is 5.11 Å². The van der Waals surface area contributed by atoms with Gasteiger partial charge in [-0.1, -0.05) is 0 Å². The fourth-order valence-corrected chi connectivity index (χ4v) is 1.30. The largest absolute Gasteiger partial charge is 0.477 e. The average molecular weight is 227 g/mol. The van der Waals surface area contributed by atoms with Crippen molar-refractivity contribution in [3.8, 4) is 0 Å². The van der Waals surface area contributed by atoms with E-state index >= 15 is 0 Å². The second kappa shape index (κ2) is 3.48. The number of nitrogens with zero attached hydrogens (tertiary/aromatic N) is 1. The molecule has 0 aliphatic heterocycles. The molecule has 2 rings (SSSR count). The number of rotatable bonds is 1. The number of pyridine rings is 1. The summed E-state index contributed by atoms with van der Waals surface area (Å²) in [5, 5.41) is 8.34. The molecule has 2 aromatic rings. The maximum absolute atomic E-state index is 13.2. The van der Waals surface area contributed by atoms with Crippen molar-refractivity contribution in [1.29, 1.82) is 0 Å². The first-order valence-electron chi connectivity index (χ1n) is 4.18. The molecule has 0 atom stereocenters. The van der Waals surface area contributed by atoms with Gasteiger partial charge in [-0.25, -0.2) is 22.9 Å². The third-order valence-corrected chi connectivity index (χ3v) is 2.04. The molecule has 6 heteroatoms. The van der Waals surface area contributed by atoms with Crippen molar-refractivity contribution in [3.63, 3.8) is 0 Å². The summed E-state index contributed by atoms with van der Waals surface area (Å²) in [6, 6.07) is 2.45. The van der Waals surface area contributed by atoms with E-state index in [0.717, 1.165) is 12.1 Å². The minimum Gasteiger partial charge on any atom is -0.477 e. The summed E-state index contributed by atoms with van der Waals surface area (Å²) in [7, 11) is 0. The fourth-order valence-electron chi connectivity index (χ4n) is 1.30. The van der Waals surface area contributed by atoms with Crippen LogP contribution in [-0.2, 0) is 0 Å². The molecule has 0 radical (unpaired) electrons. The van der Waals surface area contributed by atoms with Crippen LogP contribution in [0.15, 0.2) is 18.2 Å². The number of carboxylic acids is 1.